The molecule has 1 saturated carbocycles. The Hall–Kier alpha value is -1.45. The van der Waals surface area contributed by atoms with Gasteiger partial charge < -0.3 is 5.32 Å². The number of Topliss-reactive ketones (excluding diaryl/α,β-unsaturated/α-hetero) is 1. The monoisotopic (exact) mass is 397 g/mol. The summed E-state index contributed by atoms with van der Waals surface area (Å²) >= 11 is 3.67. The number of rotatable bonds is 4. The lowest BCUT2D eigenvalue weighted by atomic mass is 9.81. The van der Waals surface area contributed by atoms with E-state index in [9.17, 15) is 4.79 Å². The minimum Gasteiger partial charge on any atom is -0.315 e. The van der Waals surface area contributed by atoms with Crippen LogP contribution in [0.1, 0.15) is 42.2 Å². The van der Waals surface area contributed by atoms with E-state index in [0.717, 1.165) is 36.8 Å². The molecular formula is C22H24BrNO. The molecule has 0 radical (unpaired) electrons. The van der Waals surface area contributed by atoms with E-state index in [0.29, 0.717) is 17.6 Å². The summed E-state index contributed by atoms with van der Waals surface area (Å²) in [5.41, 5.74) is 2.66. The number of carbonyl (C=O) groups excluding carboxylic acids is 1. The van der Waals surface area contributed by atoms with Gasteiger partial charge in [-0.1, -0.05) is 64.5 Å². The van der Waals surface area contributed by atoms with E-state index >= 15 is 0 Å². The van der Waals surface area contributed by atoms with Crippen LogP contribution in [0, 0.1) is 11.8 Å². The highest BCUT2D eigenvalue weighted by Gasteiger charge is 2.40. The normalized spacial score (nSPS) is 29.0. The van der Waals surface area contributed by atoms with Crippen LogP contribution >= 0.6 is 15.9 Å². The summed E-state index contributed by atoms with van der Waals surface area (Å²) in [6, 6.07) is 19.0. The van der Waals surface area contributed by atoms with Crippen LogP contribution in [0.25, 0.3) is 0 Å². The first kappa shape index (κ1) is 17.0. The van der Waals surface area contributed by atoms with Crippen LogP contribution in [0.5, 0.6) is 0 Å². The molecule has 2 fully saturated rings. The summed E-state index contributed by atoms with van der Waals surface area (Å²) in [5, 5.41) is 3.45. The molecule has 1 heterocycles. The van der Waals surface area contributed by atoms with Crippen molar-refractivity contribution < 1.29 is 4.79 Å². The number of hydrogen-bond donors (Lipinski definition) is 1. The zero-order chi connectivity index (χ0) is 17.2. The molecule has 1 aliphatic carbocycles. The third-order valence-corrected chi connectivity index (χ3v) is 6.71. The van der Waals surface area contributed by atoms with Gasteiger partial charge >= 0.3 is 0 Å². The maximum absolute atomic E-state index is 13.3. The van der Waals surface area contributed by atoms with Crippen LogP contribution in [0.2, 0.25) is 0 Å². The summed E-state index contributed by atoms with van der Waals surface area (Å²) in [6.45, 7) is 1.71. The Morgan fingerprint density at radius 2 is 1.72 bits per heavy atom. The van der Waals surface area contributed by atoms with Crippen molar-refractivity contribution in [3.05, 3.63) is 70.2 Å². The van der Waals surface area contributed by atoms with Gasteiger partial charge in [-0.3, -0.25) is 4.79 Å². The standard InChI is InChI=1S/C22H24BrNO/c23-21-9-5-4-8-18(21)19-13-24-14-20(19)22(25)17-11-10-16(12-17)15-6-2-1-3-7-15/h1-9,16-17,19-20,24H,10-14H2/t16?,17?,19-,20+/m0/s1. The summed E-state index contributed by atoms with van der Waals surface area (Å²) in [7, 11) is 0. The summed E-state index contributed by atoms with van der Waals surface area (Å²) in [5.74, 6) is 1.65. The number of hydrogen-bond acceptors (Lipinski definition) is 2. The highest BCUT2D eigenvalue weighted by molar-refractivity contribution is 9.10. The Balaban J connectivity index is 1.48. The Labute approximate surface area is 158 Å². The molecule has 130 valence electrons. The van der Waals surface area contributed by atoms with Gasteiger partial charge in [-0.2, -0.15) is 0 Å². The van der Waals surface area contributed by atoms with E-state index in [1.165, 1.54) is 11.1 Å². The van der Waals surface area contributed by atoms with Gasteiger partial charge in [0.15, 0.2) is 0 Å². The van der Waals surface area contributed by atoms with Gasteiger partial charge in [0.2, 0.25) is 0 Å². The van der Waals surface area contributed by atoms with E-state index in [4.69, 9.17) is 0 Å². The van der Waals surface area contributed by atoms with E-state index in [2.05, 4.69) is 69.8 Å². The highest BCUT2D eigenvalue weighted by Crippen LogP contribution is 2.42. The van der Waals surface area contributed by atoms with Crippen LogP contribution in [0.15, 0.2) is 59.1 Å². The van der Waals surface area contributed by atoms with Crippen molar-refractivity contribution in [1.29, 1.82) is 0 Å². The van der Waals surface area contributed by atoms with Crippen molar-refractivity contribution in [3.63, 3.8) is 0 Å². The van der Waals surface area contributed by atoms with Crippen LogP contribution < -0.4 is 5.32 Å². The molecule has 25 heavy (non-hydrogen) atoms. The largest absolute Gasteiger partial charge is 0.315 e. The number of ketones is 1. The fourth-order valence-electron chi connectivity index (χ4n) is 4.65. The molecule has 1 aliphatic heterocycles. The first-order valence-electron chi connectivity index (χ1n) is 9.28. The Kier molecular flexibility index (Phi) is 5.05. The topological polar surface area (TPSA) is 29.1 Å². The van der Waals surface area contributed by atoms with Crippen molar-refractivity contribution >= 4 is 21.7 Å². The van der Waals surface area contributed by atoms with E-state index in [-0.39, 0.29) is 11.8 Å². The van der Waals surface area contributed by atoms with Gasteiger partial charge in [-0.15, -0.1) is 0 Å². The molecule has 0 bridgehead atoms. The molecule has 2 nitrogen and oxygen atoms in total. The Morgan fingerprint density at radius 3 is 2.52 bits per heavy atom. The summed E-state index contributed by atoms with van der Waals surface area (Å²) in [4.78, 5) is 13.3. The van der Waals surface area contributed by atoms with Crippen molar-refractivity contribution in [2.75, 3.05) is 13.1 Å². The minimum atomic E-state index is 0.109. The number of carbonyl (C=O) groups is 1. The molecule has 4 rings (SSSR count). The second-order valence-electron chi connectivity index (χ2n) is 7.41. The fraction of sp³-hybridized carbons (Fsp3) is 0.409. The number of halogens is 1. The van der Waals surface area contributed by atoms with E-state index in [1.54, 1.807) is 0 Å². The van der Waals surface area contributed by atoms with Crippen LogP contribution in [0.4, 0.5) is 0 Å². The van der Waals surface area contributed by atoms with Gasteiger partial charge in [-0.25, -0.2) is 0 Å². The Morgan fingerprint density at radius 1 is 0.960 bits per heavy atom. The highest BCUT2D eigenvalue weighted by atomic mass is 79.9. The minimum absolute atomic E-state index is 0.109. The molecule has 1 saturated heterocycles. The molecule has 3 heteroatoms. The van der Waals surface area contributed by atoms with E-state index in [1.807, 2.05) is 6.07 Å². The fourth-order valence-corrected chi connectivity index (χ4v) is 5.23. The molecule has 2 aromatic carbocycles. The van der Waals surface area contributed by atoms with Crippen molar-refractivity contribution in [2.24, 2.45) is 11.8 Å². The molecular weight excluding hydrogens is 374 g/mol. The molecule has 0 amide bonds. The number of nitrogens with one attached hydrogen (secondary N) is 1. The second-order valence-corrected chi connectivity index (χ2v) is 8.27. The molecule has 2 unspecified atom stereocenters. The van der Waals surface area contributed by atoms with Crippen LogP contribution in [-0.2, 0) is 4.79 Å². The average molecular weight is 398 g/mol. The third kappa shape index (κ3) is 3.45. The zero-order valence-corrected chi connectivity index (χ0v) is 15.9. The zero-order valence-electron chi connectivity index (χ0n) is 14.3. The first-order valence-corrected chi connectivity index (χ1v) is 10.1. The van der Waals surface area contributed by atoms with Gasteiger partial charge in [0, 0.05) is 35.3 Å². The lowest BCUT2D eigenvalue weighted by Crippen LogP contribution is -2.27. The first-order chi connectivity index (χ1) is 12.2. The summed E-state index contributed by atoms with van der Waals surface area (Å²) in [6.07, 6.45) is 3.19. The molecule has 2 aromatic rings. The lowest BCUT2D eigenvalue weighted by molar-refractivity contribution is -0.126. The maximum atomic E-state index is 13.3. The molecule has 0 aromatic heterocycles. The van der Waals surface area contributed by atoms with Crippen molar-refractivity contribution in [1.82, 2.24) is 5.32 Å². The van der Waals surface area contributed by atoms with Crippen LogP contribution in [-0.4, -0.2) is 18.9 Å². The van der Waals surface area contributed by atoms with Gasteiger partial charge in [0.1, 0.15) is 5.78 Å². The van der Waals surface area contributed by atoms with Gasteiger partial charge in [-0.05, 0) is 42.4 Å². The third-order valence-electron chi connectivity index (χ3n) is 5.99. The molecule has 0 spiro atoms. The Bertz CT molecular complexity index is 745. The average Bonchev–Trinajstić information content (AvgIpc) is 3.32. The maximum Gasteiger partial charge on any atom is 0.140 e. The summed E-state index contributed by atoms with van der Waals surface area (Å²) < 4.78 is 1.12. The van der Waals surface area contributed by atoms with Gasteiger partial charge in [0.05, 0.1) is 0 Å². The molecule has 2 aliphatic rings. The second kappa shape index (κ2) is 7.43. The molecule has 4 atom stereocenters. The van der Waals surface area contributed by atoms with Crippen molar-refractivity contribution in [3.8, 4) is 0 Å². The molecule has 1 N–H and O–H groups in total. The predicted octanol–water partition coefficient (Wildman–Crippen LogP) is 4.91. The lowest BCUT2D eigenvalue weighted by Gasteiger charge is -2.22. The van der Waals surface area contributed by atoms with E-state index < -0.39 is 0 Å². The SMILES string of the molecule is O=C(C1CCC(c2ccccc2)C1)[C@@H]1CNC[C@H]1c1ccccc1Br. The smallest absolute Gasteiger partial charge is 0.140 e. The van der Waals surface area contributed by atoms with Crippen molar-refractivity contribution in [2.45, 2.75) is 31.1 Å². The quantitative estimate of drug-likeness (QED) is 0.794. The van der Waals surface area contributed by atoms with Gasteiger partial charge in [0.25, 0.3) is 0 Å². The van der Waals surface area contributed by atoms with Crippen LogP contribution in [0.3, 0.4) is 0 Å². The number of benzene rings is 2. The predicted molar refractivity (Wildman–Crippen MR) is 105 cm³/mol.